The predicted molar refractivity (Wildman–Crippen MR) is 90.8 cm³/mol. The summed E-state index contributed by atoms with van der Waals surface area (Å²) in [5, 5.41) is 1.93. The lowest BCUT2D eigenvalue weighted by Gasteiger charge is -2.25. The fourth-order valence-electron chi connectivity index (χ4n) is 2.75. The summed E-state index contributed by atoms with van der Waals surface area (Å²) in [4.78, 5) is 48.6. The Morgan fingerprint density at radius 3 is 2.58 bits per heavy atom. The molecule has 1 fully saturated rings. The van der Waals surface area contributed by atoms with E-state index < -0.39 is 30.5 Å². The minimum absolute atomic E-state index is 0.0372. The predicted octanol–water partition coefficient (Wildman–Crippen LogP) is 1.41. The Hall–Kier alpha value is -2.90. The number of rotatable bonds is 6. The highest BCUT2D eigenvalue weighted by atomic mass is 16.6. The molecule has 1 heterocycles. The maximum Gasteiger partial charge on any atom is 0.413 e. The number of nitrogens with one attached hydrogen (secondary N) is 1. The van der Waals surface area contributed by atoms with E-state index in [0.29, 0.717) is 0 Å². The van der Waals surface area contributed by atoms with Crippen molar-refractivity contribution in [1.29, 1.82) is 0 Å². The summed E-state index contributed by atoms with van der Waals surface area (Å²) in [6.07, 6.45) is -0.859. The summed E-state index contributed by atoms with van der Waals surface area (Å²) in [6, 6.07) is 9.35. The van der Waals surface area contributed by atoms with Gasteiger partial charge in [-0.3, -0.25) is 19.7 Å². The van der Waals surface area contributed by atoms with Crippen molar-refractivity contribution in [1.82, 2.24) is 10.2 Å². The van der Waals surface area contributed by atoms with Gasteiger partial charge in [-0.25, -0.2) is 4.79 Å². The van der Waals surface area contributed by atoms with Gasteiger partial charge in [0.15, 0.2) is 6.61 Å². The molecule has 0 unspecified atom stereocenters. The quantitative estimate of drug-likeness (QED) is 0.768. The summed E-state index contributed by atoms with van der Waals surface area (Å²) in [6.45, 7) is 3.25. The van der Waals surface area contributed by atoms with Gasteiger partial charge in [0.05, 0.1) is 18.6 Å². The highest BCUT2D eigenvalue weighted by Gasteiger charge is 2.38. The topological polar surface area (TPSA) is 102 Å². The minimum atomic E-state index is -0.896. The smallest absolute Gasteiger partial charge is 0.413 e. The highest BCUT2D eigenvalue weighted by Crippen LogP contribution is 2.28. The molecule has 0 radical (unpaired) electrons. The van der Waals surface area contributed by atoms with Crippen molar-refractivity contribution in [2.24, 2.45) is 5.92 Å². The molecule has 2 atom stereocenters. The molecule has 8 heteroatoms. The Morgan fingerprint density at radius 1 is 1.23 bits per heavy atom. The molecule has 0 saturated carbocycles. The van der Waals surface area contributed by atoms with Crippen molar-refractivity contribution < 1.29 is 28.7 Å². The fraction of sp³-hybridized carbons (Fsp3) is 0.444. The number of alkyl carbamates (subject to hydrolysis) is 1. The van der Waals surface area contributed by atoms with Crippen LogP contribution in [-0.2, 0) is 23.9 Å². The van der Waals surface area contributed by atoms with Crippen LogP contribution < -0.4 is 5.32 Å². The Kier molecular flexibility index (Phi) is 6.71. The number of likely N-dealkylation sites (tertiary alicyclic amines) is 1. The van der Waals surface area contributed by atoms with E-state index in [1.807, 2.05) is 42.6 Å². The Morgan fingerprint density at radius 2 is 1.92 bits per heavy atom. The zero-order valence-electron chi connectivity index (χ0n) is 14.8. The Bertz CT molecular complexity index is 676. The van der Waals surface area contributed by atoms with Crippen LogP contribution in [0.2, 0.25) is 0 Å². The third-order valence-electron chi connectivity index (χ3n) is 4.10. The molecular formula is C18H22N2O6. The van der Waals surface area contributed by atoms with E-state index in [1.165, 1.54) is 0 Å². The molecule has 1 aliphatic rings. The number of carbonyl (C=O) groups excluding carboxylic acids is 4. The molecule has 26 heavy (non-hydrogen) atoms. The van der Waals surface area contributed by atoms with Gasteiger partial charge < -0.3 is 14.4 Å². The molecule has 1 N–H and O–H groups in total. The SMILES string of the molecule is CCOC(=O)NC(=O)COC(=O)[C@H]1CC(=O)N([C@@H](C)c2ccccc2)C1. The lowest BCUT2D eigenvalue weighted by molar-refractivity contribution is -0.152. The third-order valence-corrected chi connectivity index (χ3v) is 4.10. The Labute approximate surface area is 151 Å². The molecule has 1 aromatic rings. The monoisotopic (exact) mass is 362 g/mol. The van der Waals surface area contributed by atoms with E-state index in [9.17, 15) is 19.2 Å². The van der Waals surface area contributed by atoms with Gasteiger partial charge in [-0.05, 0) is 19.4 Å². The van der Waals surface area contributed by atoms with Crippen molar-refractivity contribution in [2.75, 3.05) is 19.8 Å². The average Bonchev–Trinajstić information content (AvgIpc) is 3.01. The van der Waals surface area contributed by atoms with Gasteiger partial charge in [-0.2, -0.15) is 0 Å². The number of benzene rings is 1. The van der Waals surface area contributed by atoms with Crippen LogP contribution in [0, 0.1) is 5.92 Å². The zero-order valence-corrected chi connectivity index (χ0v) is 14.8. The number of hydrogen-bond donors (Lipinski definition) is 1. The molecule has 2 rings (SSSR count). The number of esters is 1. The molecule has 0 aromatic heterocycles. The van der Waals surface area contributed by atoms with Gasteiger partial charge in [0.1, 0.15) is 0 Å². The average molecular weight is 362 g/mol. The normalized spacial score (nSPS) is 17.5. The van der Waals surface area contributed by atoms with E-state index in [-0.39, 0.29) is 31.5 Å². The number of amides is 3. The third kappa shape index (κ3) is 5.05. The van der Waals surface area contributed by atoms with Crippen molar-refractivity contribution in [3.8, 4) is 0 Å². The van der Waals surface area contributed by atoms with Crippen LogP contribution >= 0.6 is 0 Å². The molecule has 0 aliphatic carbocycles. The number of imide groups is 1. The van der Waals surface area contributed by atoms with Crippen LogP contribution in [-0.4, -0.2) is 48.5 Å². The molecule has 1 saturated heterocycles. The second kappa shape index (κ2) is 8.98. The molecule has 8 nitrogen and oxygen atoms in total. The van der Waals surface area contributed by atoms with E-state index in [4.69, 9.17) is 4.74 Å². The van der Waals surface area contributed by atoms with E-state index in [0.717, 1.165) is 5.56 Å². The fourth-order valence-corrected chi connectivity index (χ4v) is 2.75. The molecule has 140 valence electrons. The maximum absolute atomic E-state index is 12.2. The first-order chi connectivity index (χ1) is 12.4. The van der Waals surface area contributed by atoms with Crippen LogP contribution in [0.5, 0.6) is 0 Å². The minimum Gasteiger partial charge on any atom is -0.455 e. The van der Waals surface area contributed by atoms with Gasteiger partial charge in [0, 0.05) is 13.0 Å². The molecule has 0 spiro atoms. The first kappa shape index (κ1) is 19.4. The van der Waals surface area contributed by atoms with Crippen LogP contribution in [0.3, 0.4) is 0 Å². The molecular weight excluding hydrogens is 340 g/mol. The van der Waals surface area contributed by atoms with Gasteiger partial charge in [0.2, 0.25) is 5.91 Å². The summed E-state index contributed by atoms with van der Waals surface area (Å²) < 4.78 is 9.46. The molecule has 0 bridgehead atoms. The summed E-state index contributed by atoms with van der Waals surface area (Å²) in [5.74, 6) is -2.20. The zero-order chi connectivity index (χ0) is 19.1. The van der Waals surface area contributed by atoms with Gasteiger partial charge in [-0.15, -0.1) is 0 Å². The number of hydrogen-bond acceptors (Lipinski definition) is 6. The second-order valence-electron chi connectivity index (χ2n) is 5.91. The first-order valence-electron chi connectivity index (χ1n) is 8.40. The van der Waals surface area contributed by atoms with Crippen LogP contribution in [0.25, 0.3) is 0 Å². The van der Waals surface area contributed by atoms with Crippen molar-refractivity contribution in [3.63, 3.8) is 0 Å². The van der Waals surface area contributed by atoms with Crippen molar-refractivity contribution >= 4 is 23.9 Å². The van der Waals surface area contributed by atoms with Crippen molar-refractivity contribution in [2.45, 2.75) is 26.3 Å². The standard InChI is InChI=1S/C18H22N2O6/c1-3-25-18(24)19-15(21)11-26-17(23)14-9-16(22)20(10-14)12(2)13-7-5-4-6-8-13/h4-8,12,14H,3,9-11H2,1-2H3,(H,19,21,24)/t12-,14-/m0/s1. The lowest BCUT2D eigenvalue weighted by Crippen LogP contribution is -2.35. The summed E-state index contributed by atoms with van der Waals surface area (Å²) >= 11 is 0. The van der Waals surface area contributed by atoms with Gasteiger partial charge in [-0.1, -0.05) is 30.3 Å². The van der Waals surface area contributed by atoms with E-state index in [2.05, 4.69) is 4.74 Å². The number of carbonyl (C=O) groups is 4. The summed E-state index contributed by atoms with van der Waals surface area (Å²) in [7, 11) is 0. The largest absolute Gasteiger partial charge is 0.455 e. The maximum atomic E-state index is 12.2. The van der Waals surface area contributed by atoms with E-state index >= 15 is 0 Å². The molecule has 1 aromatic carbocycles. The van der Waals surface area contributed by atoms with Gasteiger partial charge >= 0.3 is 12.1 Å². The van der Waals surface area contributed by atoms with Crippen LogP contribution in [0.1, 0.15) is 31.9 Å². The second-order valence-corrected chi connectivity index (χ2v) is 5.91. The summed E-state index contributed by atoms with van der Waals surface area (Å²) in [5.41, 5.74) is 0.976. The number of nitrogens with zero attached hydrogens (tertiary/aromatic N) is 1. The van der Waals surface area contributed by atoms with Crippen LogP contribution in [0.15, 0.2) is 30.3 Å². The lowest BCUT2D eigenvalue weighted by atomic mass is 10.1. The molecule has 1 aliphatic heterocycles. The van der Waals surface area contributed by atoms with E-state index in [1.54, 1.807) is 11.8 Å². The molecule has 3 amide bonds. The van der Waals surface area contributed by atoms with Crippen LogP contribution in [0.4, 0.5) is 4.79 Å². The first-order valence-corrected chi connectivity index (χ1v) is 8.40. The van der Waals surface area contributed by atoms with Crippen molar-refractivity contribution in [3.05, 3.63) is 35.9 Å². The number of ether oxygens (including phenoxy) is 2. The van der Waals surface area contributed by atoms with Gasteiger partial charge in [0.25, 0.3) is 5.91 Å². The Balaban J connectivity index is 1.85. The highest BCUT2D eigenvalue weighted by molar-refractivity contribution is 5.94.